The number of pyridine rings is 1. The van der Waals surface area contributed by atoms with Crippen molar-refractivity contribution in [2.45, 2.75) is 37.9 Å². The molecule has 2 bridgehead atoms. The zero-order chi connectivity index (χ0) is 25.6. The molecule has 1 aromatic carbocycles. The second-order valence-electron chi connectivity index (χ2n) is 8.90. The quantitative estimate of drug-likeness (QED) is 0.380. The fraction of sp³-hybridized carbons (Fsp3) is 0.333. The summed E-state index contributed by atoms with van der Waals surface area (Å²) >= 11 is 5.93. The van der Waals surface area contributed by atoms with Gasteiger partial charge in [0.1, 0.15) is 23.6 Å². The van der Waals surface area contributed by atoms with Gasteiger partial charge in [-0.05, 0) is 55.5 Å². The largest absolute Gasteiger partial charge is 0.465 e. The number of esters is 1. The highest BCUT2D eigenvalue weighted by Crippen LogP contribution is 2.43. The number of anilines is 1. The van der Waals surface area contributed by atoms with Crippen molar-refractivity contribution in [1.29, 1.82) is 0 Å². The van der Waals surface area contributed by atoms with Crippen LogP contribution < -0.4 is 11.1 Å². The molecule has 3 aromatic rings. The normalized spacial score (nSPS) is 20.5. The van der Waals surface area contributed by atoms with Gasteiger partial charge in [-0.15, -0.1) is 0 Å². The van der Waals surface area contributed by atoms with Crippen LogP contribution in [0.5, 0.6) is 0 Å². The van der Waals surface area contributed by atoms with E-state index in [9.17, 15) is 19.2 Å². The average molecular weight is 511 g/mol. The number of ether oxygens (including phenoxy) is 1. The van der Waals surface area contributed by atoms with E-state index in [-0.39, 0.29) is 46.7 Å². The topological polar surface area (TPSA) is 150 Å². The van der Waals surface area contributed by atoms with E-state index in [1.54, 1.807) is 29.2 Å². The number of amides is 3. The molecule has 2 fully saturated rings. The molecule has 2 aliphatic rings. The summed E-state index contributed by atoms with van der Waals surface area (Å²) in [5, 5.41) is 7.61. The van der Waals surface area contributed by atoms with Crippen LogP contribution in [0.1, 0.15) is 40.1 Å². The number of halogens is 1. The number of nitrogens with one attached hydrogen (secondary N) is 1. The summed E-state index contributed by atoms with van der Waals surface area (Å²) < 4.78 is 6.12. The number of rotatable bonds is 6. The molecule has 0 radical (unpaired) electrons. The number of hydrogen-bond acceptors (Lipinski definition) is 7. The van der Waals surface area contributed by atoms with Crippen LogP contribution in [0.2, 0.25) is 5.15 Å². The third-order valence-electron chi connectivity index (χ3n) is 6.80. The van der Waals surface area contributed by atoms with Gasteiger partial charge in [0.15, 0.2) is 5.69 Å². The van der Waals surface area contributed by atoms with Crippen molar-refractivity contribution in [2.24, 2.45) is 11.7 Å². The number of likely N-dealkylation sites (tertiary alicyclic amines) is 1. The van der Waals surface area contributed by atoms with Gasteiger partial charge in [-0.2, -0.15) is 5.10 Å². The Bertz CT molecular complexity index is 1400. The summed E-state index contributed by atoms with van der Waals surface area (Å²) in [6.07, 6.45) is 2.40. The van der Waals surface area contributed by atoms with Gasteiger partial charge in [0.2, 0.25) is 11.8 Å². The van der Waals surface area contributed by atoms with Gasteiger partial charge in [0.05, 0.1) is 18.2 Å². The molecule has 3 N–H and O–H groups in total. The van der Waals surface area contributed by atoms with Gasteiger partial charge in [-0.25, -0.2) is 9.78 Å². The number of aromatic nitrogens is 3. The third-order valence-corrected chi connectivity index (χ3v) is 7.01. The summed E-state index contributed by atoms with van der Waals surface area (Å²) in [6, 6.07) is 8.77. The maximum Gasteiger partial charge on any atom is 0.337 e. The van der Waals surface area contributed by atoms with Crippen molar-refractivity contribution in [3.63, 3.8) is 0 Å². The fourth-order valence-electron chi connectivity index (χ4n) is 5.30. The predicted molar refractivity (Wildman–Crippen MR) is 129 cm³/mol. The van der Waals surface area contributed by atoms with Crippen LogP contribution in [0, 0.1) is 5.92 Å². The summed E-state index contributed by atoms with van der Waals surface area (Å²) in [4.78, 5) is 56.4. The molecule has 1 unspecified atom stereocenters. The van der Waals surface area contributed by atoms with Crippen LogP contribution in [0.25, 0.3) is 10.9 Å². The first kappa shape index (κ1) is 23.7. The Kier molecular flexibility index (Phi) is 6.09. The number of benzene rings is 1. The molecule has 1 aliphatic carbocycles. The Morgan fingerprint density at radius 3 is 2.72 bits per heavy atom. The lowest BCUT2D eigenvalue weighted by atomic mass is 9.97. The van der Waals surface area contributed by atoms with E-state index in [1.807, 2.05) is 0 Å². The second-order valence-corrected chi connectivity index (χ2v) is 9.29. The fourth-order valence-corrected chi connectivity index (χ4v) is 5.46. The highest BCUT2D eigenvalue weighted by atomic mass is 35.5. The van der Waals surface area contributed by atoms with E-state index in [2.05, 4.69) is 15.4 Å². The van der Waals surface area contributed by atoms with Gasteiger partial charge >= 0.3 is 5.97 Å². The molecule has 186 valence electrons. The molecule has 0 spiro atoms. The van der Waals surface area contributed by atoms with E-state index in [0.717, 1.165) is 19.3 Å². The van der Waals surface area contributed by atoms with Crippen LogP contribution >= 0.6 is 11.6 Å². The lowest BCUT2D eigenvalue weighted by molar-refractivity contribution is -0.141. The lowest BCUT2D eigenvalue weighted by Crippen LogP contribution is -2.52. The maximum absolute atomic E-state index is 13.5. The summed E-state index contributed by atoms with van der Waals surface area (Å²) in [5.74, 6) is -1.65. The highest BCUT2D eigenvalue weighted by Gasteiger charge is 2.51. The van der Waals surface area contributed by atoms with Crippen molar-refractivity contribution in [3.8, 4) is 0 Å². The standard InChI is InChI=1S/C24H23ClN6O5/c1-36-24(35)13-6-8-16-15(10-13)20(22(26)33)29-30(16)11-19(32)31-14-7-5-12(9-14)21(31)23(34)28-18-4-2-3-17(25)27-18/h2-4,6,8,10,12,14,21H,5,7,9,11H2,1H3,(H2,26,33)(H,27,28,34)/t12-,14+,21?/m0/s1. The molecule has 1 saturated carbocycles. The lowest BCUT2D eigenvalue weighted by Gasteiger charge is -2.34. The van der Waals surface area contributed by atoms with Gasteiger partial charge in [-0.1, -0.05) is 17.7 Å². The number of carbonyl (C=O) groups excluding carboxylic acids is 4. The Balaban J connectivity index is 1.42. The number of fused-ring (bicyclic) bond motifs is 3. The van der Waals surface area contributed by atoms with E-state index in [0.29, 0.717) is 16.7 Å². The van der Waals surface area contributed by atoms with Crippen LogP contribution in [0.4, 0.5) is 5.82 Å². The zero-order valence-corrected chi connectivity index (χ0v) is 20.1. The van der Waals surface area contributed by atoms with E-state index in [4.69, 9.17) is 22.1 Å². The summed E-state index contributed by atoms with van der Waals surface area (Å²) in [7, 11) is 1.25. The van der Waals surface area contributed by atoms with E-state index in [1.165, 1.54) is 23.9 Å². The molecule has 1 saturated heterocycles. The van der Waals surface area contributed by atoms with Crippen LogP contribution in [-0.4, -0.2) is 62.5 Å². The zero-order valence-electron chi connectivity index (χ0n) is 19.3. The number of nitrogens with two attached hydrogens (primary N) is 1. The molecule has 36 heavy (non-hydrogen) atoms. The first-order valence-electron chi connectivity index (χ1n) is 11.4. The molecule has 1 aliphatic heterocycles. The van der Waals surface area contributed by atoms with Crippen molar-refractivity contribution < 1.29 is 23.9 Å². The molecular weight excluding hydrogens is 488 g/mol. The van der Waals surface area contributed by atoms with Crippen molar-refractivity contribution in [2.75, 3.05) is 12.4 Å². The Labute approximate surface area is 210 Å². The van der Waals surface area contributed by atoms with Crippen LogP contribution in [-0.2, 0) is 20.9 Å². The predicted octanol–water partition coefficient (Wildman–Crippen LogP) is 1.99. The second kappa shape index (κ2) is 9.23. The van der Waals surface area contributed by atoms with Gasteiger partial charge < -0.3 is 20.7 Å². The summed E-state index contributed by atoms with van der Waals surface area (Å²) in [5.41, 5.74) is 6.12. The Hall–Kier alpha value is -3.99. The first-order chi connectivity index (χ1) is 17.3. The number of nitrogens with zero attached hydrogens (tertiary/aromatic N) is 4. The minimum absolute atomic E-state index is 0.0382. The monoisotopic (exact) mass is 510 g/mol. The molecular formula is C24H23ClN6O5. The average Bonchev–Trinajstić information content (AvgIpc) is 3.56. The van der Waals surface area contributed by atoms with E-state index >= 15 is 0 Å². The number of piperidine rings is 1. The highest BCUT2D eigenvalue weighted by molar-refractivity contribution is 6.29. The van der Waals surface area contributed by atoms with Crippen molar-refractivity contribution in [3.05, 3.63) is 52.8 Å². The molecule has 2 aromatic heterocycles. The molecule has 5 rings (SSSR count). The van der Waals surface area contributed by atoms with Crippen LogP contribution in [0.3, 0.4) is 0 Å². The van der Waals surface area contributed by atoms with Gasteiger partial charge in [-0.3, -0.25) is 19.1 Å². The molecule has 3 heterocycles. The molecule has 12 heteroatoms. The number of methoxy groups -OCH3 is 1. The van der Waals surface area contributed by atoms with Crippen LogP contribution in [0.15, 0.2) is 36.4 Å². The number of primary amides is 1. The van der Waals surface area contributed by atoms with Gasteiger partial charge in [0, 0.05) is 11.4 Å². The first-order valence-corrected chi connectivity index (χ1v) is 11.8. The minimum Gasteiger partial charge on any atom is -0.465 e. The SMILES string of the molecule is COC(=O)c1ccc2c(c1)c(C(N)=O)nn2CC(=O)N1C(C(=O)Nc2cccc(Cl)n2)[C@H]2CC[C@@H]1C2. The number of hydrogen-bond donors (Lipinski definition) is 2. The van der Waals surface area contributed by atoms with Gasteiger partial charge in [0.25, 0.3) is 5.91 Å². The van der Waals surface area contributed by atoms with Crippen molar-refractivity contribution >= 4 is 52.0 Å². The molecule has 11 nitrogen and oxygen atoms in total. The third kappa shape index (κ3) is 4.15. The van der Waals surface area contributed by atoms with E-state index < -0.39 is 17.9 Å². The Morgan fingerprint density at radius 2 is 2.00 bits per heavy atom. The minimum atomic E-state index is -0.792. The van der Waals surface area contributed by atoms with Crippen molar-refractivity contribution in [1.82, 2.24) is 19.7 Å². The maximum atomic E-state index is 13.5. The Morgan fingerprint density at radius 1 is 1.19 bits per heavy atom. The molecule has 3 atom stereocenters. The smallest absolute Gasteiger partial charge is 0.337 e. The number of carbonyl (C=O) groups is 4. The molecule has 3 amide bonds. The summed E-state index contributed by atoms with van der Waals surface area (Å²) in [6.45, 7) is -0.205.